The Morgan fingerprint density at radius 2 is 2.00 bits per heavy atom. The number of aromatic nitrogens is 1. The number of carboxylic acids is 1. The summed E-state index contributed by atoms with van der Waals surface area (Å²) in [4.78, 5) is 14.1. The molecule has 2 N–H and O–H groups in total. The number of hydrogen-bond donors (Lipinski definition) is 2. The molecular weight excluding hydrogens is 178 g/mol. The lowest BCUT2D eigenvalue weighted by atomic mass is 10.0. The number of carboxylic acid groups (broad SMARTS) is 1. The number of rotatable bonds is 1. The second-order valence-corrected chi connectivity index (χ2v) is 3.46. The predicted molar refractivity (Wildman–Crippen MR) is 54.7 cm³/mol. The van der Waals surface area contributed by atoms with Crippen LogP contribution in [0.25, 0.3) is 10.9 Å². The van der Waals surface area contributed by atoms with E-state index in [9.17, 15) is 4.79 Å². The molecule has 0 saturated heterocycles. The molecule has 0 unspecified atom stereocenters. The number of fused-ring (bicyclic) bond motifs is 1. The number of carbonyl (C=O) groups is 1. The Morgan fingerprint density at radius 3 is 2.64 bits per heavy atom. The lowest BCUT2D eigenvalue weighted by Gasteiger charge is -2.03. The van der Waals surface area contributed by atoms with Gasteiger partial charge in [-0.2, -0.15) is 0 Å². The highest BCUT2D eigenvalue weighted by Crippen LogP contribution is 2.24. The third kappa shape index (κ3) is 1.09. The van der Waals surface area contributed by atoms with Gasteiger partial charge in [0.25, 0.3) is 0 Å². The van der Waals surface area contributed by atoms with Crippen LogP contribution in [0.2, 0.25) is 0 Å². The van der Waals surface area contributed by atoms with Crippen LogP contribution in [0.1, 0.15) is 21.5 Å². The average molecular weight is 189 g/mol. The topological polar surface area (TPSA) is 53.1 Å². The first-order chi connectivity index (χ1) is 6.61. The Hall–Kier alpha value is -1.77. The van der Waals surface area contributed by atoms with Crippen LogP contribution in [-0.4, -0.2) is 16.1 Å². The molecule has 2 aromatic rings. The minimum atomic E-state index is -0.865. The van der Waals surface area contributed by atoms with E-state index in [0.29, 0.717) is 5.56 Å². The zero-order valence-electron chi connectivity index (χ0n) is 8.09. The van der Waals surface area contributed by atoms with Crippen molar-refractivity contribution in [2.75, 3.05) is 0 Å². The van der Waals surface area contributed by atoms with E-state index in [1.165, 1.54) is 0 Å². The molecule has 0 atom stereocenters. The van der Waals surface area contributed by atoms with Gasteiger partial charge in [-0.15, -0.1) is 0 Å². The van der Waals surface area contributed by atoms with Gasteiger partial charge in [-0.25, -0.2) is 4.79 Å². The van der Waals surface area contributed by atoms with E-state index in [0.717, 1.165) is 22.0 Å². The fourth-order valence-electron chi connectivity index (χ4n) is 1.77. The number of aromatic carboxylic acids is 1. The van der Waals surface area contributed by atoms with Crippen LogP contribution in [-0.2, 0) is 0 Å². The van der Waals surface area contributed by atoms with Crippen LogP contribution in [0.4, 0.5) is 0 Å². The van der Waals surface area contributed by atoms with Gasteiger partial charge < -0.3 is 10.1 Å². The van der Waals surface area contributed by atoms with E-state index in [1.54, 1.807) is 0 Å². The van der Waals surface area contributed by atoms with E-state index < -0.39 is 5.97 Å². The molecule has 1 aromatic carbocycles. The summed E-state index contributed by atoms with van der Waals surface area (Å²) in [6, 6.07) is 3.73. The third-order valence-corrected chi connectivity index (χ3v) is 2.47. The number of hydrogen-bond acceptors (Lipinski definition) is 1. The molecule has 1 aromatic heterocycles. The Bertz CT molecular complexity index is 511. The second-order valence-electron chi connectivity index (χ2n) is 3.46. The zero-order chi connectivity index (χ0) is 10.3. The van der Waals surface area contributed by atoms with Crippen molar-refractivity contribution in [1.29, 1.82) is 0 Å². The first-order valence-corrected chi connectivity index (χ1v) is 4.42. The number of aromatic amines is 1. The summed E-state index contributed by atoms with van der Waals surface area (Å²) in [6.45, 7) is 3.72. The van der Waals surface area contributed by atoms with Crippen LogP contribution < -0.4 is 0 Å². The number of nitrogens with one attached hydrogen (secondary N) is 1. The monoisotopic (exact) mass is 189 g/mol. The molecule has 0 aliphatic heterocycles. The van der Waals surface area contributed by atoms with Gasteiger partial charge in [-0.05, 0) is 31.0 Å². The zero-order valence-corrected chi connectivity index (χ0v) is 8.09. The SMILES string of the molecule is Cc1ccc2[nH]cc(C)c2c1C(=O)O. The van der Waals surface area contributed by atoms with Crippen molar-refractivity contribution in [3.8, 4) is 0 Å². The molecule has 0 aliphatic carbocycles. The van der Waals surface area contributed by atoms with E-state index in [4.69, 9.17) is 5.11 Å². The largest absolute Gasteiger partial charge is 0.478 e. The number of aryl methyl sites for hydroxylation is 2. The molecule has 1 heterocycles. The minimum Gasteiger partial charge on any atom is -0.478 e. The molecule has 0 amide bonds. The summed E-state index contributed by atoms with van der Waals surface area (Å²) in [6.07, 6.45) is 1.83. The number of H-pyrrole nitrogens is 1. The Morgan fingerprint density at radius 1 is 1.29 bits per heavy atom. The van der Waals surface area contributed by atoms with Crippen molar-refractivity contribution in [3.63, 3.8) is 0 Å². The van der Waals surface area contributed by atoms with Crippen LogP contribution in [0, 0.1) is 13.8 Å². The Kier molecular flexibility index (Phi) is 1.81. The van der Waals surface area contributed by atoms with Gasteiger partial charge in [0.05, 0.1) is 5.56 Å². The lowest BCUT2D eigenvalue weighted by Crippen LogP contribution is -2.00. The fraction of sp³-hybridized carbons (Fsp3) is 0.182. The highest BCUT2D eigenvalue weighted by atomic mass is 16.4. The normalized spacial score (nSPS) is 10.7. The highest BCUT2D eigenvalue weighted by Gasteiger charge is 2.14. The van der Waals surface area contributed by atoms with Gasteiger partial charge >= 0.3 is 5.97 Å². The van der Waals surface area contributed by atoms with E-state index in [-0.39, 0.29) is 0 Å². The maximum Gasteiger partial charge on any atom is 0.336 e. The van der Waals surface area contributed by atoms with Gasteiger partial charge in [0.15, 0.2) is 0 Å². The lowest BCUT2D eigenvalue weighted by molar-refractivity contribution is 0.0698. The molecule has 0 fully saturated rings. The smallest absolute Gasteiger partial charge is 0.336 e. The van der Waals surface area contributed by atoms with Gasteiger partial charge in [-0.1, -0.05) is 6.07 Å². The third-order valence-electron chi connectivity index (χ3n) is 2.47. The minimum absolute atomic E-state index is 0.404. The Balaban J connectivity index is 2.94. The molecule has 3 heteroatoms. The standard InChI is InChI=1S/C11H11NO2/c1-6-3-4-8-9(7(2)5-12-8)10(6)11(13)14/h3-5,12H,1-2H3,(H,13,14). The maximum absolute atomic E-state index is 11.1. The number of benzene rings is 1. The van der Waals surface area contributed by atoms with Crippen molar-refractivity contribution in [3.05, 3.63) is 35.0 Å². The summed E-state index contributed by atoms with van der Waals surface area (Å²) in [5.41, 5.74) is 3.06. The molecule has 0 spiro atoms. The van der Waals surface area contributed by atoms with Gasteiger partial charge in [-0.3, -0.25) is 0 Å². The van der Waals surface area contributed by atoms with Crippen molar-refractivity contribution in [2.24, 2.45) is 0 Å². The molecule has 0 aliphatic rings. The van der Waals surface area contributed by atoms with Gasteiger partial charge in [0.1, 0.15) is 0 Å². The average Bonchev–Trinajstić information content (AvgIpc) is 2.47. The maximum atomic E-state index is 11.1. The van der Waals surface area contributed by atoms with E-state index in [1.807, 2.05) is 32.2 Å². The summed E-state index contributed by atoms with van der Waals surface area (Å²) < 4.78 is 0. The highest BCUT2D eigenvalue weighted by molar-refractivity contribution is 6.05. The van der Waals surface area contributed by atoms with E-state index >= 15 is 0 Å². The van der Waals surface area contributed by atoms with Crippen molar-refractivity contribution in [2.45, 2.75) is 13.8 Å². The van der Waals surface area contributed by atoms with Crippen molar-refractivity contribution < 1.29 is 9.90 Å². The summed E-state index contributed by atoms with van der Waals surface area (Å²) >= 11 is 0. The molecule has 2 rings (SSSR count). The molecule has 0 bridgehead atoms. The molecule has 0 radical (unpaired) electrons. The van der Waals surface area contributed by atoms with Crippen LogP contribution in [0.3, 0.4) is 0 Å². The van der Waals surface area contributed by atoms with Crippen LogP contribution >= 0.6 is 0 Å². The Labute approximate surface area is 81.4 Å². The first-order valence-electron chi connectivity index (χ1n) is 4.42. The van der Waals surface area contributed by atoms with Crippen molar-refractivity contribution >= 4 is 16.9 Å². The predicted octanol–water partition coefficient (Wildman–Crippen LogP) is 2.48. The first kappa shape index (κ1) is 8.81. The summed E-state index contributed by atoms with van der Waals surface area (Å²) in [7, 11) is 0. The van der Waals surface area contributed by atoms with Crippen LogP contribution in [0.15, 0.2) is 18.3 Å². The second kappa shape index (κ2) is 2.87. The van der Waals surface area contributed by atoms with Gasteiger partial charge in [0.2, 0.25) is 0 Å². The molecular formula is C11H11NO2. The molecule has 0 saturated carbocycles. The molecule has 72 valence electrons. The van der Waals surface area contributed by atoms with Gasteiger partial charge in [0, 0.05) is 17.1 Å². The summed E-state index contributed by atoms with van der Waals surface area (Å²) in [5.74, 6) is -0.865. The van der Waals surface area contributed by atoms with E-state index in [2.05, 4.69) is 4.98 Å². The molecule has 14 heavy (non-hydrogen) atoms. The summed E-state index contributed by atoms with van der Waals surface area (Å²) in [5, 5.41) is 9.91. The molecule has 3 nitrogen and oxygen atoms in total. The van der Waals surface area contributed by atoms with Crippen molar-refractivity contribution in [1.82, 2.24) is 4.98 Å². The van der Waals surface area contributed by atoms with Crippen LogP contribution in [0.5, 0.6) is 0 Å². The fourth-order valence-corrected chi connectivity index (χ4v) is 1.77. The quantitative estimate of drug-likeness (QED) is 0.724.